The van der Waals surface area contributed by atoms with E-state index in [1.807, 2.05) is 94.8 Å². The largest absolute Gasteiger partial charge is 0.444 e. The number of H-pyrrole nitrogens is 2. The third-order valence-corrected chi connectivity index (χ3v) is 13.7. The van der Waals surface area contributed by atoms with Crippen LogP contribution in [-0.4, -0.2) is 79.0 Å². The van der Waals surface area contributed by atoms with Gasteiger partial charge in [0.2, 0.25) is 8.24 Å². The molecule has 4 aromatic rings. The fraction of sp³-hybridized carbons (Fsp3) is 0.421. The molecule has 50 heavy (non-hydrogen) atoms. The number of benzene rings is 2. The molecule has 2 amide bonds. The van der Waals surface area contributed by atoms with Crippen LogP contribution in [0.1, 0.15) is 84.2 Å². The molecule has 0 spiro atoms. The molecule has 3 N–H and O–H groups in total. The van der Waals surface area contributed by atoms with Crippen molar-refractivity contribution in [2.45, 2.75) is 97.1 Å². The van der Waals surface area contributed by atoms with Crippen molar-refractivity contribution in [3.8, 4) is 23.1 Å². The number of imidazole rings is 2. The Morgan fingerprint density at radius 2 is 1.68 bits per heavy atom. The molecule has 1 aliphatic heterocycles. The third kappa shape index (κ3) is 7.89. The second-order valence-electron chi connectivity index (χ2n) is 15.3. The zero-order valence-electron chi connectivity index (χ0n) is 29.9. The molecule has 2 unspecified atom stereocenters. The lowest BCUT2D eigenvalue weighted by atomic mass is 10.1. The maximum Gasteiger partial charge on any atom is 0.408 e. The fourth-order valence-electron chi connectivity index (χ4n) is 6.54. The summed E-state index contributed by atoms with van der Waals surface area (Å²) in [6.07, 6.45) is 4.79. The van der Waals surface area contributed by atoms with Gasteiger partial charge in [0.25, 0.3) is 0 Å². The van der Waals surface area contributed by atoms with Crippen LogP contribution in [0.5, 0.6) is 0 Å². The van der Waals surface area contributed by atoms with Gasteiger partial charge in [-0.2, -0.15) is 0 Å². The Balaban J connectivity index is 1.14. The van der Waals surface area contributed by atoms with Crippen LogP contribution in [0.15, 0.2) is 54.2 Å². The van der Waals surface area contributed by atoms with Gasteiger partial charge < -0.3 is 29.3 Å². The SMILES string of the molecule is CC(C)(C)OC(=O)NC1CCCC1=C([Si])c1ncc(-c2ccc(C#Cc3ccc4nc([Si]5(C)CCCN5C(=O)OC(C)(C)C)[nH]c4c3)cc2)[nH]1. The summed E-state index contributed by atoms with van der Waals surface area (Å²) in [5, 5.41) is 3.87. The van der Waals surface area contributed by atoms with Crippen molar-refractivity contribution in [3.63, 3.8) is 0 Å². The highest BCUT2D eigenvalue weighted by molar-refractivity contribution is 6.89. The smallest absolute Gasteiger partial charge is 0.408 e. The second-order valence-corrected chi connectivity index (χ2v) is 19.9. The Morgan fingerprint density at radius 1 is 0.980 bits per heavy atom. The standard InChI is InChI=1S/C38H45N6O4Si2/c1-37(2,3)47-35(45)43-28-11-8-10-27(28)32(49)33-39-23-31(40-33)26-17-14-24(15-18-26)12-13-25-16-19-29-30(22-25)42-34(41-29)50(7)21-9-20-44(50)36(46)48-38(4,5)6/h14-19,22-23,28H,8-11,20-21H2,1-7H3,(H,39,40)(H,41,42)(H,43,45). The first kappa shape index (κ1) is 35.2. The van der Waals surface area contributed by atoms with Crippen molar-refractivity contribution in [2.75, 3.05) is 6.54 Å². The summed E-state index contributed by atoms with van der Waals surface area (Å²) in [6.45, 7) is 14.1. The van der Waals surface area contributed by atoms with Crippen molar-refractivity contribution in [2.24, 2.45) is 0 Å². The molecule has 6 rings (SSSR count). The number of ether oxygens (including phenoxy) is 2. The topological polar surface area (TPSA) is 125 Å². The predicted molar refractivity (Wildman–Crippen MR) is 199 cm³/mol. The van der Waals surface area contributed by atoms with E-state index in [1.165, 1.54) is 0 Å². The summed E-state index contributed by atoms with van der Waals surface area (Å²) in [6, 6.07) is 14.9. The lowest BCUT2D eigenvalue weighted by Gasteiger charge is -2.33. The summed E-state index contributed by atoms with van der Waals surface area (Å²) in [4.78, 5) is 42.0. The highest BCUT2D eigenvalue weighted by atomic mass is 28.3. The highest BCUT2D eigenvalue weighted by Crippen LogP contribution is 2.32. The number of nitrogens with one attached hydrogen (secondary N) is 3. The first-order valence-corrected chi connectivity index (χ1v) is 20.4. The molecule has 2 fully saturated rings. The average Bonchev–Trinajstić information content (AvgIpc) is 3.84. The van der Waals surface area contributed by atoms with Crippen molar-refractivity contribution >= 4 is 52.3 Å². The van der Waals surface area contributed by atoms with E-state index in [2.05, 4.69) is 48.9 Å². The van der Waals surface area contributed by atoms with Gasteiger partial charge in [-0.3, -0.25) is 0 Å². The molecule has 1 saturated carbocycles. The van der Waals surface area contributed by atoms with Crippen LogP contribution in [0.2, 0.25) is 12.6 Å². The molecule has 1 aliphatic carbocycles. The first-order chi connectivity index (χ1) is 23.6. The molecule has 3 radical (unpaired) electrons. The highest BCUT2D eigenvalue weighted by Gasteiger charge is 2.48. The number of aromatic amines is 2. The van der Waals surface area contributed by atoms with Crippen LogP contribution in [0.4, 0.5) is 9.59 Å². The van der Waals surface area contributed by atoms with E-state index >= 15 is 0 Å². The molecule has 2 aliphatic rings. The van der Waals surface area contributed by atoms with Gasteiger partial charge in [-0.1, -0.05) is 24.0 Å². The van der Waals surface area contributed by atoms with Crippen LogP contribution in [0.25, 0.3) is 27.5 Å². The van der Waals surface area contributed by atoms with Crippen molar-refractivity contribution in [3.05, 3.63) is 71.2 Å². The predicted octanol–water partition coefficient (Wildman–Crippen LogP) is 6.73. The number of hydrogen-bond donors (Lipinski definition) is 3. The number of carbonyl (C=O) groups is 2. The minimum atomic E-state index is -2.36. The number of alkyl carbamates (subject to hydrolysis) is 1. The summed E-state index contributed by atoms with van der Waals surface area (Å²) in [5.41, 5.74) is 6.31. The summed E-state index contributed by atoms with van der Waals surface area (Å²) < 4.78 is 13.1. The van der Waals surface area contributed by atoms with Crippen LogP contribution >= 0.6 is 0 Å². The Labute approximate surface area is 298 Å². The Bertz CT molecular complexity index is 2010. The molecule has 2 aromatic carbocycles. The molecule has 259 valence electrons. The molecular weight excluding hydrogens is 661 g/mol. The van der Waals surface area contributed by atoms with Gasteiger partial charge in [-0.05, 0) is 126 Å². The van der Waals surface area contributed by atoms with E-state index in [0.29, 0.717) is 12.4 Å². The average molecular weight is 706 g/mol. The van der Waals surface area contributed by atoms with Crippen LogP contribution in [0.3, 0.4) is 0 Å². The number of amides is 2. The summed E-state index contributed by atoms with van der Waals surface area (Å²) in [7, 11) is 1.45. The number of rotatable bonds is 4. The quantitative estimate of drug-likeness (QED) is 0.160. The van der Waals surface area contributed by atoms with Gasteiger partial charge in [0.15, 0.2) is 0 Å². The molecule has 2 atom stereocenters. The maximum atomic E-state index is 13.0. The molecule has 10 nitrogen and oxygen atoms in total. The van der Waals surface area contributed by atoms with E-state index in [0.717, 1.165) is 81.4 Å². The lowest BCUT2D eigenvalue weighted by molar-refractivity contribution is 0.0388. The third-order valence-electron chi connectivity index (χ3n) is 8.98. The van der Waals surface area contributed by atoms with E-state index in [1.54, 1.807) is 0 Å². The van der Waals surface area contributed by atoms with E-state index in [4.69, 9.17) is 14.5 Å². The van der Waals surface area contributed by atoms with Crippen molar-refractivity contribution < 1.29 is 19.1 Å². The molecular formula is C38H45N6O4Si2. The van der Waals surface area contributed by atoms with Crippen LogP contribution < -0.4 is 10.8 Å². The van der Waals surface area contributed by atoms with Gasteiger partial charge in [0.1, 0.15) is 22.5 Å². The number of nitrogens with zero attached hydrogens (tertiary/aromatic N) is 3. The van der Waals surface area contributed by atoms with Gasteiger partial charge in [0, 0.05) is 17.7 Å². The zero-order chi connectivity index (χ0) is 35.8. The van der Waals surface area contributed by atoms with E-state index in [9.17, 15) is 9.59 Å². The summed E-state index contributed by atoms with van der Waals surface area (Å²) in [5.74, 6) is 7.29. The zero-order valence-corrected chi connectivity index (χ0v) is 31.9. The molecule has 1 saturated heterocycles. The molecule has 2 aromatic heterocycles. The van der Waals surface area contributed by atoms with Gasteiger partial charge in [-0.25, -0.2) is 19.6 Å². The monoisotopic (exact) mass is 705 g/mol. The van der Waals surface area contributed by atoms with Crippen LogP contribution in [-0.2, 0) is 9.47 Å². The maximum absolute atomic E-state index is 13.0. The van der Waals surface area contributed by atoms with Crippen molar-refractivity contribution in [1.82, 2.24) is 29.8 Å². The van der Waals surface area contributed by atoms with E-state index < -0.39 is 25.5 Å². The normalized spacial score (nSPS) is 20.4. The Hall–Kier alpha value is -4.61. The molecule has 0 bridgehead atoms. The number of hydrogen-bond acceptors (Lipinski definition) is 6. The molecule has 3 heterocycles. The lowest BCUT2D eigenvalue weighted by Crippen LogP contribution is -2.60. The van der Waals surface area contributed by atoms with Gasteiger partial charge >= 0.3 is 12.2 Å². The number of aromatic nitrogens is 4. The first-order valence-electron chi connectivity index (χ1n) is 17.2. The molecule has 12 heteroatoms. The Morgan fingerprint density at radius 3 is 2.40 bits per heavy atom. The van der Waals surface area contributed by atoms with E-state index in [-0.39, 0.29) is 12.1 Å². The second kappa shape index (κ2) is 13.6. The number of carbonyl (C=O) groups excluding carboxylic acids is 2. The minimum Gasteiger partial charge on any atom is -0.444 e. The Kier molecular flexibility index (Phi) is 9.58. The summed E-state index contributed by atoms with van der Waals surface area (Å²) >= 11 is 0. The van der Waals surface area contributed by atoms with Crippen molar-refractivity contribution in [1.29, 1.82) is 0 Å². The number of fused-ring (bicyclic) bond motifs is 1. The fourth-order valence-corrected chi connectivity index (χ4v) is 10.4. The minimum absolute atomic E-state index is 0.105. The van der Waals surface area contributed by atoms with Gasteiger partial charge in [-0.15, -0.1) is 0 Å². The van der Waals surface area contributed by atoms with Gasteiger partial charge in [0.05, 0.1) is 39.2 Å². The van der Waals surface area contributed by atoms with Crippen LogP contribution in [0, 0.1) is 11.8 Å².